The van der Waals surface area contributed by atoms with Crippen LogP contribution < -0.4 is 10.1 Å². The molecule has 1 heterocycles. The number of ether oxygens (including phenoxy) is 2. The topological polar surface area (TPSA) is 73.6 Å². The molecule has 104 valence electrons. The molecule has 2 unspecified atom stereocenters. The number of methoxy groups -OCH3 is 1. The van der Waals surface area contributed by atoms with Crippen molar-refractivity contribution in [2.75, 3.05) is 25.6 Å². The van der Waals surface area contributed by atoms with E-state index in [4.69, 9.17) is 9.47 Å². The van der Waals surface area contributed by atoms with Crippen molar-refractivity contribution in [1.29, 1.82) is 0 Å². The molecule has 0 amide bonds. The molecule has 1 saturated heterocycles. The summed E-state index contributed by atoms with van der Waals surface area (Å²) in [5.74, 6) is 0.743. The van der Waals surface area contributed by atoms with Crippen molar-refractivity contribution in [3.8, 4) is 5.75 Å². The van der Waals surface area contributed by atoms with Crippen LogP contribution in [0, 0.1) is 16.0 Å². The number of anilines is 1. The van der Waals surface area contributed by atoms with Crippen molar-refractivity contribution >= 4 is 11.4 Å². The maximum Gasteiger partial charge on any atom is 0.311 e. The van der Waals surface area contributed by atoms with Gasteiger partial charge in [-0.2, -0.15) is 0 Å². The Kier molecular flexibility index (Phi) is 4.21. The Morgan fingerprint density at radius 2 is 2.37 bits per heavy atom. The van der Waals surface area contributed by atoms with Crippen LogP contribution >= 0.6 is 0 Å². The van der Waals surface area contributed by atoms with Crippen molar-refractivity contribution in [3.63, 3.8) is 0 Å². The summed E-state index contributed by atoms with van der Waals surface area (Å²) in [7, 11) is 1.43. The molecule has 1 N–H and O–H groups in total. The fraction of sp³-hybridized carbons (Fsp3) is 0.538. The van der Waals surface area contributed by atoms with Crippen LogP contribution in [0.15, 0.2) is 18.2 Å². The number of nitrogens with zero attached hydrogens (tertiary/aromatic N) is 1. The Morgan fingerprint density at radius 3 is 2.95 bits per heavy atom. The average Bonchev–Trinajstić information content (AvgIpc) is 2.81. The van der Waals surface area contributed by atoms with E-state index in [0.717, 1.165) is 25.3 Å². The van der Waals surface area contributed by atoms with E-state index < -0.39 is 4.92 Å². The molecule has 0 aromatic heterocycles. The first kappa shape index (κ1) is 13.6. The molecule has 0 saturated carbocycles. The predicted octanol–water partition coefficient (Wildman–Crippen LogP) is 2.44. The molecule has 19 heavy (non-hydrogen) atoms. The standard InChI is InChI=1S/C13H18N2O4/c1-9-10(5-6-19-9)8-14-11-3-4-12(15(16)17)13(7-11)18-2/h3-4,7,9-10,14H,5-6,8H2,1-2H3. The molecule has 0 bridgehead atoms. The molecule has 2 atom stereocenters. The molecule has 0 spiro atoms. The second-order valence-corrected chi connectivity index (χ2v) is 4.65. The van der Waals surface area contributed by atoms with Crippen LogP contribution in [0.5, 0.6) is 5.75 Å². The van der Waals surface area contributed by atoms with Gasteiger partial charge in [-0.1, -0.05) is 0 Å². The van der Waals surface area contributed by atoms with Crippen molar-refractivity contribution in [2.45, 2.75) is 19.4 Å². The number of hydrogen-bond donors (Lipinski definition) is 1. The third kappa shape index (κ3) is 3.14. The summed E-state index contributed by atoms with van der Waals surface area (Å²) < 4.78 is 10.5. The van der Waals surface area contributed by atoms with Crippen LogP contribution in [0.3, 0.4) is 0 Å². The highest BCUT2D eigenvalue weighted by atomic mass is 16.6. The fourth-order valence-corrected chi connectivity index (χ4v) is 2.23. The predicted molar refractivity (Wildman–Crippen MR) is 71.7 cm³/mol. The summed E-state index contributed by atoms with van der Waals surface area (Å²) >= 11 is 0. The quantitative estimate of drug-likeness (QED) is 0.654. The summed E-state index contributed by atoms with van der Waals surface area (Å²) in [6.07, 6.45) is 1.30. The fourth-order valence-electron chi connectivity index (χ4n) is 2.23. The third-order valence-corrected chi connectivity index (χ3v) is 3.48. The lowest BCUT2D eigenvalue weighted by Crippen LogP contribution is -2.20. The second-order valence-electron chi connectivity index (χ2n) is 4.65. The van der Waals surface area contributed by atoms with E-state index in [1.165, 1.54) is 13.2 Å². The smallest absolute Gasteiger partial charge is 0.311 e. The summed E-state index contributed by atoms with van der Waals surface area (Å²) in [5, 5.41) is 14.1. The molecule has 1 aliphatic heterocycles. The summed E-state index contributed by atoms with van der Waals surface area (Å²) in [6, 6.07) is 4.80. The minimum absolute atomic E-state index is 0.0226. The lowest BCUT2D eigenvalue weighted by molar-refractivity contribution is -0.385. The molecule has 0 aliphatic carbocycles. The zero-order valence-corrected chi connectivity index (χ0v) is 11.1. The van der Waals surface area contributed by atoms with Gasteiger partial charge in [0.15, 0.2) is 5.75 Å². The van der Waals surface area contributed by atoms with Crippen LogP contribution in [-0.2, 0) is 4.74 Å². The highest BCUT2D eigenvalue weighted by Gasteiger charge is 2.24. The van der Waals surface area contributed by atoms with Gasteiger partial charge in [-0.25, -0.2) is 0 Å². The van der Waals surface area contributed by atoms with E-state index >= 15 is 0 Å². The second kappa shape index (κ2) is 5.88. The molecule has 6 heteroatoms. The Labute approximate surface area is 111 Å². The molecule has 1 fully saturated rings. The number of nitrogens with one attached hydrogen (secondary N) is 1. The van der Waals surface area contributed by atoms with E-state index in [-0.39, 0.29) is 17.5 Å². The van der Waals surface area contributed by atoms with E-state index in [2.05, 4.69) is 12.2 Å². The monoisotopic (exact) mass is 266 g/mol. The molecule has 6 nitrogen and oxygen atoms in total. The van der Waals surface area contributed by atoms with Gasteiger partial charge in [0, 0.05) is 36.9 Å². The van der Waals surface area contributed by atoms with Gasteiger partial charge < -0.3 is 14.8 Å². The Bertz CT molecular complexity index is 464. The lowest BCUT2D eigenvalue weighted by Gasteiger charge is -2.16. The van der Waals surface area contributed by atoms with Crippen molar-refractivity contribution in [3.05, 3.63) is 28.3 Å². The van der Waals surface area contributed by atoms with E-state index in [1.54, 1.807) is 12.1 Å². The van der Waals surface area contributed by atoms with Crippen LogP contribution in [-0.4, -0.2) is 31.3 Å². The zero-order chi connectivity index (χ0) is 13.8. The van der Waals surface area contributed by atoms with Crippen molar-refractivity contribution < 1.29 is 14.4 Å². The SMILES string of the molecule is COc1cc(NCC2CCOC2C)ccc1[N+](=O)[O-]. The van der Waals surface area contributed by atoms with Gasteiger partial charge in [-0.3, -0.25) is 10.1 Å². The summed E-state index contributed by atoms with van der Waals surface area (Å²) in [4.78, 5) is 10.3. The summed E-state index contributed by atoms with van der Waals surface area (Å²) in [6.45, 7) is 3.66. The highest BCUT2D eigenvalue weighted by Crippen LogP contribution is 2.30. The molecular formula is C13H18N2O4. The Morgan fingerprint density at radius 1 is 1.58 bits per heavy atom. The summed E-state index contributed by atoms with van der Waals surface area (Å²) in [5.41, 5.74) is 0.798. The van der Waals surface area contributed by atoms with Crippen molar-refractivity contribution in [1.82, 2.24) is 0 Å². The minimum atomic E-state index is -0.449. The Balaban J connectivity index is 2.02. The maximum atomic E-state index is 10.8. The van der Waals surface area contributed by atoms with Crippen LogP contribution in [0.2, 0.25) is 0 Å². The first-order chi connectivity index (χ1) is 9.11. The van der Waals surface area contributed by atoms with Gasteiger partial charge in [0.1, 0.15) is 0 Å². The number of benzene rings is 1. The number of rotatable bonds is 5. The first-order valence-corrected chi connectivity index (χ1v) is 6.29. The maximum absolute atomic E-state index is 10.8. The zero-order valence-electron chi connectivity index (χ0n) is 11.1. The van der Waals surface area contributed by atoms with Crippen LogP contribution in [0.25, 0.3) is 0 Å². The number of nitro groups is 1. The van der Waals surface area contributed by atoms with Gasteiger partial charge in [0.05, 0.1) is 18.1 Å². The number of hydrogen-bond acceptors (Lipinski definition) is 5. The molecule has 1 aliphatic rings. The van der Waals surface area contributed by atoms with E-state index in [0.29, 0.717) is 5.92 Å². The van der Waals surface area contributed by atoms with E-state index in [1.807, 2.05) is 0 Å². The third-order valence-electron chi connectivity index (χ3n) is 3.48. The largest absolute Gasteiger partial charge is 0.490 e. The molecule has 1 aromatic carbocycles. The Hall–Kier alpha value is -1.82. The normalized spacial score (nSPS) is 22.2. The molecule has 2 rings (SSSR count). The first-order valence-electron chi connectivity index (χ1n) is 6.29. The van der Waals surface area contributed by atoms with Gasteiger partial charge in [0.2, 0.25) is 0 Å². The van der Waals surface area contributed by atoms with Gasteiger partial charge in [-0.05, 0) is 19.4 Å². The molecule has 0 radical (unpaired) electrons. The molecule has 1 aromatic rings. The van der Waals surface area contributed by atoms with Crippen molar-refractivity contribution in [2.24, 2.45) is 5.92 Å². The number of nitro benzene ring substituents is 1. The minimum Gasteiger partial charge on any atom is -0.490 e. The van der Waals surface area contributed by atoms with Crippen LogP contribution in [0.1, 0.15) is 13.3 Å². The van der Waals surface area contributed by atoms with Crippen LogP contribution in [0.4, 0.5) is 11.4 Å². The van der Waals surface area contributed by atoms with Gasteiger partial charge in [0.25, 0.3) is 0 Å². The molecular weight excluding hydrogens is 248 g/mol. The highest BCUT2D eigenvalue weighted by molar-refractivity contribution is 5.57. The average molecular weight is 266 g/mol. The van der Waals surface area contributed by atoms with Gasteiger partial charge >= 0.3 is 5.69 Å². The van der Waals surface area contributed by atoms with Gasteiger partial charge in [-0.15, -0.1) is 0 Å². The lowest BCUT2D eigenvalue weighted by atomic mass is 10.0. The van der Waals surface area contributed by atoms with E-state index in [9.17, 15) is 10.1 Å².